The predicted octanol–water partition coefficient (Wildman–Crippen LogP) is 0.877. The van der Waals surface area contributed by atoms with Gasteiger partial charge in [-0.2, -0.15) is 0 Å². The smallest absolute Gasteiger partial charge is 0.173 e. The fourth-order valence-electron chi connectivity index (χ4n) is 1.62. The molecule has 0 aliphatic rings. The number of Topliss-reactive ketones (excluding diaryl/α,β-unsaturated/α-hetero) is 1. The molecule has 2 aromatic rings. The van der Waals surface area contributed by atoms with E-state index in [2.05, 4.69) is 4.98 Å². The summed E-state index contributed by atoms with van der Waals surface area (Å²) in [7, 11) is 1.87. The summed E-state index contributed by atoms with van der Waals surface area (Å²) in [5.41, 5.74) is 2.35. The number of pyridine rings is 1. The van der Waals surface area contributed by atoms with E-state index >= 15 is 0 Å². The molecule has 0 aromatic carbocycles. The SMILES string of the molecule is BCC(=O)c1c(C)nc2ccccn12. The number of ketones is 1. The molecular weight excluding hydrogens is 175 g/mol. The van der Waals surface area contributed by atoms with E-state index in [9.17, 15) is 4.79 Å². The first-order valence-electron chi connectivity index (χ1n) is 4.71. The molecule has 2 heterocycles. The largest absolute Gasteiger partial charge is 0.297 e. The molecule has 0 atom stereocenters. The molecule has 0 bridgehead atoms. The van der Waals surface area contributed by atoms with Gasteiger partial charge >= 0.3 is 0 Å². The highest BCUT2D eigenvalue weighted by Gasteiger charge is 2.13. The average Bonchev–Trinajstić information content (AvgIpc) is 2.53. The monoisotopic (exact) mass is 186 g/mol. The van der Waals surface area contributed by atoms with Gasteiger partial charge in [0, 0.05) is 6.20 Å². The number of carbonyl (C=O) groups excluding carboxylic acids is 1. The molecule has 0 saturated heterocycles. The Balaban J connectivity index is 2.74. The highest BCUT2D eigenvalue weighted by molar-refractivity contribution is 6.23. The van der Waals surface area contributed by atoms with E-state index in [4.69, 9.17) is 0 Å². The van der Waals surface area contributed by atoms with Gasteiger partial charge in [0.05, 0.1) is 5.69 Å². The van der Waals surface area contributed by atoms with E-state index in [0.717, 1.165) is 11.3 Å². The summed E-state index contributed by atoms with van der Waals surface area (Å²) in [4.78, 5) is 16.0. The van der Waals surface area contributed by atoms with Gasteiger partial charge in [-0.1, -0.05) is 6.07 Å². The van der Waals surface area contributed by atoms with Crippen molar-refractivity contribution in [1.82, 2.24) is 9.38 Å². The lowest BCUT2D eigenvalue weighted by Gasteiger charge is -1.98. The number of aromatic nitrogens is 2. The lowest BCUT2D eigenvalue weighted by molar-refractivity contribution is 0.101. The Bertz CT molecular complexity index is 490. The van der Waals surface area contributed by atoms with Crippen LogP contribution in [-0.4, -0.2) is 23.0 Å². The van der Waals surface area contributed by atoms with E-state index in [-0.39, 0.29) is 5.78 Å². The number of fused-ring (bicyclic) bond motifs is 1. The Morgan fingerprint density at radius 3 is 3.07 bits per heavy atom. The third kappa shape index (κ3) is 1.23. The van der Waals surface area contributed by atoms with Crippen molar-refractivity contribution in [3.05, 3.63) is 35.8 Å². The highest BCUT2D eigenvalue weighted by atomic mass is 16.1. The number of nitrogens with zero attached hydrogens (tertiary/aromatic N) is 2. The number of hydrogen-bond donors (Lipinski definition) is 0. The van der Waals surface area contributed by atoms with Crippen LogP contribution in [-0.2, 0) is 0 Å². The summed E-state index contributed by atoms with van der Waals surface area (Å²) in [6.07, 6.45) is 2.39. The molecular formula is C10H11BN2O. The fraction of sp³-hybridized carbons (Fsp3) is 0.200. The van der Waals surface area contributed by atoms with Gasteiger partial charge in [0.2, 0.25) is 0 Å². The predicted molar refractivity (Wildman–Crippen MR) is 57.6 cm³/mol. The average molecular weight is 186 g/mol. The zero-order valence-electron chi connectivity index (χ0n) is 8.32. The van der Waals surface area contributed by atoms with Crippen LogP contribution in [0.25, 0.3) is 5.65 Å². The van der Waals surface area contributed by atoms with Crippen LogP contribution in [0, 0.1) is 6.92 Å². The minimum Gasteiger partial charge on any atom is -0.297 e. The molecule has 2 rings (SSSR count). The van der Waals surface area contributed by atoms with Gasteiger partial charge < -0.3 is 0 Å². The van der Waals surface area contributed by atoms with Crippen LogP contribution >= 0.6 is 0 Å². The van der Waals surface area contributed by atoms with Crippen molar-refractivity contribution in [1.29, 1.82) is 0 Å². The second kappa shape index (κ2) is 3.29. The summed E-state index contributed by atoms with van der Waals surface area (Å²) in [6.45, 7) is 1.87. The van der Waals surface area contributed by atoms with Gasteiger partial charge in [-0.15, -0.1) is 0 Å². The van der Waals surface area contributed by atoms with E-state index in [1.165, 1.54) is 0 Å². The Morgan fingerprint density at radius 2 is 2.36 bits per heavy atom. The zero-order valence-corrected chi connectivity index (χ0v) is 8.32. The Hall–Kier alpha value is -1.58. The molecule has 70 valence electrons. The van der Waals surface area contributed by atoms with Crippen LogP contribution in [0.2, 0.25) is 6.32 Å². The normalized spacial score (nSPS) is 10.6. The van der Waals surface area contributed by atoms with Crippen molar-refractivity contribution >= 4 is 19.3 Å². The van der Waals surface area contributed by atoms with Crippen molar-refractivity contribution < 1.29 is 4.79 Å². The molecule has 0 spiro atoms. The van der Waals surface area contributed by atoms with Gasteiger partial charge in [-0.3, -0.25) is 9.20 Å². The minimum absolute atomic E-state index is 0.140. The molecule has 3 nitrogen and oxygen atoms in total. The van der Waals surface area contributed by atoms with E-state index in [1.807, 2.05) is 43.6 Å². The van der Waals surface area contributed by atoms with Crippen LogP contribution in [0.15, 0.2) is 24.4 Å². The Labute approximate surface area is 83.2 Å². The first-order valence-corrected chi connectivity index (χ1v) is 4.71. The zero-order chi connectivity index (χ0) is 10.1. The number of carbonyl (C=O) groups is 1. The molecule has 2 aromatic heterocycles. The molecule has 0 fully saturated rings. The van der Waals surface area contributed by atoms with Crippen molar-refractivity contribution in [2.75, 3.05) is 0 Å². The van der Waals surface area contributed by atoms with E-state index < -0.39 is 0 Å². The maximum Gasteiger partial charge on any atom is 0.173 e. The molecule has 0 aliphatic heterocycles. The molecule has 4 heteroatoms. The van der Waals surface area contributed by atoms with Crippen LogP contribution < -0.4 is 0 Å². The van der Waals surface area contributed by atoms with Crippen molar-refractivity contribution in [3.8, 4) is 0 Å². The van der Waals surface area contributed by atoms with Gasteiger partial charge in [-0.05, 0) is 25.4 Å². The molecule has 14 heavy (non-hydrogen) atoms. The fourth-order valence-corrected chi connectivity index (χ4v) is 1.62. The summed E-state index contributed by atoms with van der Waals surface area (Å²) < 4.78 is 1.85. The van der Waals surface area contributed by atoms with Crippen LogP contribution in [0.3, 0.4) is 0 Å². The Morgan fingerprint density at radius 1 is 1.57 bits per heavy atom. The van der Waals surface area contributed by atoms with Crippen molar-refractivity contribution in [2.45, 2.75) is 13.2 Å². The quantitative estimate of drug-likeness (QED) is 0.515. The van der Waals surface area contributed by atoms with Gasteiger partial charge in [-0.25, -0.2) is 4.98 Å². The number of aryl methyl sites for hydroxylation is 1. The van der Waals surface area contributed by atoms with Gasteiger partial charge in [0.15, 0.2) is 5.78 Å². The maximum absolute atomic E-state index is 11.6. The molecule has 0 amide bonds. The van der Waals surface area contributed by atoms with Gasteiger partial charge in [0.25, 0.3) is 0 Å². The van der Waals surface area contributed by atoms with E-state index in [1.54, 1.807) is 0 Å². The summed E-state index contributed by atoms with van der Waals surface area (Å²) in [6, 6.07) is 5.72. The Kier molecular flexibility index (Phi) is 2.12. The minimum atomic E-state index is 0.140. The second-order valence-electron chi connectivity index (χ2n) is 3.25. The van der Waals surface area contributed by atoms with Crippen LogP contribution in [0.1, 0.15) is 16.2 Å². The summed E-state index contributed by atoms with van der Waals surface area (Å²) in [5.74, 6) is 0.140. The third-order valence-electron chi connectivity index (χ3n) is 2.29. The lowest BCUT2D eigenvalue weighted by atomic mass is 9.98. The molecule has 0 unspecified atom stereocenters. The highest BCUT2D eigenvalue weighted by Crippen LogP contribution is 2.13. The first kappa shape index (κ1) is 9.00. The van der Waals surface area contributed by atoms with Gasteiger partial charge in [0.1, 0.15) is 19.2 Å². The molecule has 0 N–H and O–H groups in total. The maximum atomic E-state index is 11.6. The molecule has 0 aliphatic carbocycles. The van der Waals surface area contributed by atoms with Crippen molar-refractivity contribution in [3.63, 3.8) is 0 Å². The third-order valence-corrected chi connectivity index (χ3v) is 2.29. The summed E-state index contributed by atoms with van der Waals surface area (Å²) >= 11 is 0. The standard InChI is InChI=1S/C10H11BN2O/c1-7-10(8(14)6-11)13-5-3-2-4-9(13)12-7/h2-5H,6,11H2,1H3. The number of hydrogen-bond acceptors (Lipinski definition) is 2. The molecule has 0 radical (unpaired) electrons. The summed E-state index contributed by atoms with van der Waals surface area (Å²) in [5, 5.41) is 0. The topological polar surface area (TPSA) is 34.4 Å². The lowest BCUT2D eigenvalue weighted by Crippen LogP contribution is -2.03. The van der Waals surface area contributed by atoms with Crippen LogP contribution in [0.5, 0.6) is 0 Å². The van der Waals surface area contributed by atoms with Crippen LogP contribution in [0.4, 0.5) is 0 Å². The number of imidazole rings is 1. The number of rotatable bonds is 2. The first-order chi connectivity index (χ1) is 6.74. The van der Waals surface area contributed by atoms with E-state index in [0.29, 0.717) is 12.0 Å². The molecule has 0 saturated carbocycles. The second-order valence-corrected chi connectivity index (χ2v) is 3.25. The van der Waals surface area contributed by atoms with Crippen molar-refractivity contribution in [2.24, 2.45) is 0 Å².